The summed E-state index contributed by atoms with van der Waals surface area (Å²) in [5.74, 6) is 0.502. The summed E-state index contributed by atoms with van der Waals surface area (Å²) in [6.45, 7) is 4.69. The van der Waals surface area contributed by atoms with Crippen LogP contribution in [0.5, 0.6) is 5.75 Å². The molecule has 0 unspecified atom stereocenters. The smallest absolute Gasteiger partial charge is 0.138 e. The van der Waals surface area contributed by atoms with Crippen LogP contribution in [0.4, 0.5) is 0 Å². The summed E-state index contributed by atoms with van der Waals surface area (Å²) < 4.78 is 5.53. The number of ether oxygens (including phenoxy) is 1. The Balaban J connectivity index is 1.45. The first-order valence-corrected chi connectivity index (χ1v) is 12.3. The van der Waals surface area contributed by atoms with Crippen molar-refractivity contribution in [1.29, 1.82) is 10.5 Å². The second-order valence-corrected chi connectivity index (χ2v) is 9.86. The second-order valence-electron chi connectivity index (χ2n) is 9.86. The van der Waals surface area contributed by atoms with Crippen LogP contribution in [0.3, 0.4) is 0 Å². The Kier molecular flexibility index (Phi) is 6.57. The fourth-order valence-electron chi connectivity index (χ4n) is 6.26. The van der Waals surface area contributed by atoms with Crippen molar-refractivity contribution in [1.82, 2.24) is 0 Å². The number of benzene rings is 2. The van der Waals surface area contributed by atoms with E-state index in [1.54, 1.807) is 0 Å². The van der Waals surface area contributed by atoms with Gasteiger partial charge in [-0.3, -0.25) is 0 Å². The van der Waals surface area contributed by atoms with Gasteiger partial charge in [0, 0.05) is 0 Å². The van der Waals surface area contributed by atoms with Gasteiger partial charge in [-0.05, 0) is 98.3 Å². The molecule has 32 heavy (non-hydrogen) atoms. The highest BCUT2D eigenvalue weighted by atomic mass is 16.5. The Labute approximate surface area is 193 Å². The first-order chi connectivity index (χ1) is 15.6. The summed E-state index contributed by atoms with van der Waals surface area (Å²) in [6.07, 6.45) is 12.6. The van der Waals surface area contributed by atoms with Crippen molar-refractivity contribution in [2.45, 2.75) is 83.5 Å². The molecule has 0 aromatic heterocycles. The molecule has 3 nitrogen and oxygen atoms in total. The molecule has 0 N–H and O–H groups in total. The molecule has 3 aliphatic carbocycles. The Hall–Kier alpha value is -2.78. The third kappa shape index (κ3) is 4.14. The van der Waals surface area contributed by atoms with Gasteiger partial charge in [0.2, 0.25) is 0 Å². The molecule has 2 aromatic rings. The van der Waals surface area contributed by atoms with Crippen molar-refractivity contribution in [3.8, 4) is 17.9 Å². The van der Waals surface area contributed by atoms with E-state index in [1.807, 2.05) is 19.1 Å². The maximum atomic E-state index is 9.66. The van der Waals surface area contributed by atoms with Gasteiger partial charge in [-0.1, -0.05) is 43.7 Å². The lowest BCUT2D eigenvalue weighted by molar-refractivity contribution is 0.0320. The highest BCUT2D eigenvalue weighted by molar-refractivity contribution is 5.58. The van der Waals surface area contributed by atoms with Crippen LogP contribution in [-0.2, 0) is 18.3 Å². The molecule has 166 valence electrons. The van der Waals surface area contributed by atoms with E-state index in [4.69, 9.17) is 4.74 Å². The zero-order valence-electron chi connectivity index (χ0n) is 19.5. The van der Waals surface area contributed by atoms with Crippen LogP contribution in [0.1, 0.15) is 93.0 Å². The molecular weight excluding hydrogens is 392 g/mol. The van der Waals surface area contributed by atoms with Gasteiger partial charge in [0.1, 0.15) is 23.5 Å². The first kappa shape index (κ1) is 22.4. The molecule has 0 aliphatic heterocycles. The summed E-state index contributed by atoms with van der Waals surface area (Å²) in [4.78, 5) is 0. The van der Waals surface area contributed by atoms with Gasteiger partial charge in [-0.2, -0.15) is 10.5 Å². The lowest BCUT2D eigenvalue weighted by Gasteiger charge is -2.54. The molecule has 0 spiro atoms. The van der Waals surface area contributed by atoms with Crippen LogP contribution in [0.25, 0.3) is 0 Å². The number of rotatable bonds is 8. The van der Waals surface area contributed by atoms with E-state index in [0.29, 0.717) is 34.3 Å². The molecule has 2 aromatic carbocycles. The minimum atomic E-state index is 0.357. The summed E-state index contributed by atoms with van der Waals surface area (Å²) >= 11 is 0. The van der Waals surface area contributed by atoms with E-state index in [2.05, 4.69) is 43.3 Å². The molecule has 0 radical (unpaired) electrons. The highest BCUT2D eigenvalue weighted by Gasteiger charge is 2.48. The fourth-order valence-corrected chi connectivity index (χ4v) is 6.26. The molecule has 0 amide bonds. The molecule has 0 heterocycles. The van der Waals surface area contributed by atoms with E-state index >= 15 is 0 Å². The van der Waals surface area contributed by atoms with E-state index in [1.165, 1.54) is 62.5 Å². The van der Waals surface area contributed by atoms with E-state index < -0.39 is 0 Å². The predicted molar refractivity (Wildman–Crippen MR) is 128 cm³/mol. The lowest BCUT2D eigenvalue weighted by Crippen LogP contribution is -2.44. The van der Waals surface area contributed by atoms with Crippen molar-refractivity contribution >= 4 is 0 Å². The van der Waals surface area contributed by atoms with Crippen LogP contribution >= 0.6 is 0 Å². The molecule has 3 fully saturated rings. The Morgan fingerprint density at radius 3 is 2.03 bits per heavy atom. The SMILES string of the molecule is CCCC12CCC(c3ccc(CCc4ccc(OCC)c(C#N)c4C#N)cc3)(CC1)CC2. The summed E-state index contributed by atoms with van der Waals surface area (Å²) in [5, 5.41) is 19.2. The monoisotopic (exact) mass is 426 g/mol. The molecule has 3 saturated carbocycles. The maximum Gasteiger partial charge on any atom is 0.138 e. The number of fused-ring (bicyclic) bond motifs is 3. The van der Waals surface area contributed by atoms with E-state index in [-0.39, 0.29) is 0 Å². The largest absolute Gasteiger partial charge is 0.492 e. The topological polar surface area (TPSA) is 56.8 Å². The highest BCUT2D eigenvalue weighted by Crippen LogP contribution is 2.59. The van der Waals surface area contributed by atoms with Gasteiger partial charge in [0.15, 0.2) is 0 Å². The Morgan fingerprint density at radius 1 is 0.812 bits per heavy atom. The second kappa shape index (κ2) is 9.38. The van der Waals surface area contributed by atoms with Gasteiger partial charge in [0.25, 0.3) is 0 Å². The average molecular weight is 427 g/mol. The van der Waals surface area contributed by atoms with Crippen LogP contribution < -0.4 is 4.74 Å². The zero-order valence-corrected chi connectivity index (χ0v) is 19.5. The fraction of sp³-hybridized carbons (Fsp3) is 0.517. The molecule has 2 bridgehead atoms. The van der Waals surface area contributed by atoms with Crippen LogP contribution in [-0.4, -0.2) is 6.61 Å². The zero-order chi connectivity index (χ0) is 22.6. The van der Waals surface area contributed by atoms with Gasteiger partial charge in [-0.25, -0.2) is 0 Å². The number of nitriles is 2. The van der Waals surface area contributed by atoms with Gasteiger partial charge >= 0.3 is 0 Å². The van der Waals surface area contributed by atoms with E-state index in [9.17, 15) is 10.5 Å². The van der Waals surface area contributed by atoms with Gasteiger partial charge in [0.05, 0.1) is 12.2 Å². The Bertz CT molecular complexity index is 1010. The lowest BCUT2D eigenvalue weighted by atomic mass is 9.51. The maximum absolute atomic E-state index is 9.66. The number of hydrogen-bond donors (Lipinski definition) is 0. The summed E-state index contributed by atoms with van der Waals surface area (Å²) in [5.41, 5.74) is 5.59. The van der Waals surface area contributed by atoms with Crippen molar-refractivity contribution in [3.63, 3.8) is 0 Å². The van der Waals surface area contributed by atoms with Crippen molar-refractivity contribution in [2.24, 2.45) is 5.41 Å². The number of nitrogens with zero attached hydrogens (tertiary/aromatic N) is 2. The Morgan fingerprint density at radius 2 is 1.47 bits per heavy atom. The van der Waals surface area contributed by atoms with Crippen molar-refractivity contribution in [2.75, 3.05) is 6.61 Å². The number of aryl methyl sites for hydroxylation is 2. The minimum absolute atomic E-state index is 0.357. The average Bonchev–Trinajstić information content (AvgIpc) is 2.84. The third-order valence-corrected chi connectivity index (χ3v) is 8.21. The molecule has 0 saturated heterocycles. The molecule has 0 atom stereocenters. The van der Waals surface area contributed by atoms with Crippen LogP contribution in [0, 0.1) is 28.1 Å². The van der Waals surface area contributed by atoms with Crippen LogP contribution in [0.15, 0.2) is 36.4 Å². The molecule has 3 aliphatic rings. The summed E-state index contributed by atoms with van der Waals surface area (Å²) in [7, 11) is 0. The normalized spacial score (nSPS) is 24.0. The quantitative estimate of drug-likeness (QED) is 0.456. The van der Waals surface area contributed by atoms with Gasteiger partial charge < -0.3 is 4.74 Å². The molecular formula is C29H34N2O. The third-order valence-electron chi connectivity index (χ3n) is 8.21. The van der Waals surface area contributed by atoms with E-state index in [0.717, 1.165) is 18.4 Å². The van der Waals surface area contributed by atoms with Gasteiger partial charge in [-0.15, -0.1) is 0 Å². The first-order valence-electron chi connectivity index (χ1n) is 12.3. The van der Waals surface area contributed by atoms with Crippen molar-refractivity contribution in [3.05, 3.63) is 64.2 Å². The summed E-state index contributed by atoms with van der Waals surface area (Å²) in [6, 6.07) is 17.4. The van der Waals surface area contributed by atoms with Crippen molar-refractivity contribution < 1.29 is 4.74 Å². The standard InChI is InChI=1S/C29H34N2O/c1-3-13-28-14-17-29(18-15-28,19-16-28)24-10-6-22(7-11-24)5-8-23-9-12-27(32-4-2)26(21-31)25(23)20-30/h6-7,9-12H,3-5,8,13-19H2,1-2H3. The molecule has 3 heteroatoms. The minimum Gasteiger partial charge on any atom is -0.492 e. The number of hydrogen-bond acceptors (Lipinski definition) is 3. The molecule has 5 rings (SSSR count). The van der Waals surface area contributed by atoms with Crippen LogP contribution in [0.2, 0.25) is 0 Å². The predicted octanol–water partition coefficient (Wildman–Crippen LogP) is 7.01.